The second-order valence-corrected chi connectivity index (χ2v) is 3.84. The maximum atomic E-state index is 13.6. The first-order valence-electron chi connectivity index (χ1n) is 5.09. The summed E-state index contributed by atoms with van der Waals surface area (Å²) in [6.07, 6.45) is 1.83. The fourth-order valence-electron chi connectivity index (χ4n) is 1.82. The van der Waals surface area contributed by atoms with Gasteiger partial charge in [0.25, 0.3) is 0 Å². The SMILES string of the molecule is Cc1nn(C)cc1C(N)c1ccccc1F. The minimum Gasteiger partial charge on any atom is -0.320 e. The lowest BCUT2D eigenvalue weighted by molar-refractivity contribution is 0.599. The minimum absolute atomic E-state index is 0.279. The molecular weight excluding hydrogens is 205 g/mol. The molecule has 1 atom stereocenters. The van der Waals surface area contributed by atoms with Crippen LogP contribution in [0.5, 0.6) is 0 Å². The molecule has 0 spiro atoms. The van der Waals surface area contributed by atoms with Crippen molar-refractivity contribution in [2.24, 2.45) is 12.8 Å². The van der Waals surface area contributed by atoms with Crippen LogP contribution in [-0.4, -0.2) is 9.78 Å². The number of hydrogen-bond acceptors (Lipinski definition) is 2. The van der Waals surface area contributed by atoms with Gasteiger partial charge < -0.3 is 5.73 Å². The Balaban J connectivity index is 2.43. The van der Waals surface area contributed by atoms with Crippen molar-refractivity contribution >= 4 is 0 Å². The molecule has 84 valence electrons. The Morgan fingerprint density at radius 1 is 1.31 bits per heavy atom. The van der Waals surface area contributed by atoms with E-state index in [-0.39, 0.29) is 5.82 Å². The third kappa shape index (κ3) is 1.84. The van der Waals surface area contributed by atoms with E-state index < -0.39 is 6.04 Å². The highest BCUT2D eigenvalue weighted by Gasteiger charge is 2.16. The summed E-state index contributed by atoms with van der Waals surface area (Å²) in [5.74, 6) is -0.279. The number of hydrogen-bond donors (Lipinski definition) is 1. The molecular formula is C12H14FN3. The molecule has 0 aliphatic heterocycles. The summed E-state index contributed by atoms with van der Waals surface area (Å²) in [5.41, 5.74) is 8.22. The van der Waals surface area contributed by atoms with Gasteiger partial charge in [0, 0.05) is 24.4 Å². The standard InChI is InChI=1S/C12H14FN3/c1-8-10(7-16(2)15-8)12(14)9-5-3-4-6-11(9)13/h3-7,12H,14H2,1-2H3. The van der Waals surface area contributed by atoms with E-state index in [9.17, 15) is 4.39 Å². The van der Waals surface area contributed by atoms with Crippen molar-refractivity contribution < 1.29 is 4.39 Å². The smallest absolute Gasteiger partial charge is 0.128 e. The van der Waals surface area contributed by atoms with Gasteiger partial charge in [-0.3, -0.25) is 4.68 Å². The maximum Gasteiger partial charge on any atom is 0.128 e. The Morgan fingerprint density at radius 3 is 2.56 bits per heavy atom. The lowest BCUT2D eigenvalue weighted by Gasteiger charge is -2.11. The lowest BCUT2D eigenvalue weighted by Crippen LogP contribution is -2.13. The van der Waals surface area contributed by atoms with Crippen LogP contribution in [0.2, 0.25) is 0 Å². The van der Waals surface area contributed by atoms with E-state index >= 15 is 0 Å². The molecule has 0 amide bonds. The molecule has 16 heavy (non-hydrogen) atoms. The van der Waals surface area contributed by atoms with E-state index in [0.29, 0.717) is 5.56 Å². The zero-order chi connectivity index (χ0) is 11.7. The van der Waals surface area contributed by atoms with Crippen molar-refractivity contribution in [1.82, 2.24) is 9.78 Å². The van der Waals surface area contributed by atoms with Crippen LogP contribution in [0.25, 0.3) is 0 Å². The van der Waals surface area contributed by atoms with Gasteiger partial charge in [-0.1, -0.05) is 18.2 Å². The highest BCUT2D eigenvalue weighted by molar-refractivity contribution is 5.32. The van der Waals surface area contributed by atoms with Crippen molar-refractivity contribution in [1.29, 1.82) is 0 Å². The molecule has 0 saturated heterocycles. The normalized spacial score (nSPS) is 12.8. The first kappa shape index (κ1) is 10.8. The molecule has 4 heteroatoms. The molecule has 0 fully saturated rings. The van der Waals surface area contributed by atoms with Crippen LogP contribution < -0.4 is 5.73 Å². The largest absolute Gasteiger partial charge is 0.320 e. The van der Waals surface area contributed by atoms with Crippen LogP contribution in [0.1, 0.15) is 22.9 Å². The van der Waals surface area contributed by atoms with Gasteiger partial charge in [0.05, 0.1) is 11.7 Å². The minimum atomic E-state index is -0.463. The Labute approximate surface area is 93.7 Å². The summed E-state index contributed by atoms with van der Waals surface area (Å²) in [6.45, 7) is 1.87. The van der Waals surface area contributed by atoms with Gasteiger partial charge in [0.15, 0.2) is 0 Å². The number of rotatable bonds is 2. The monoisotopic (exact) mass is 219 g/mol. The molecule has 1 aromatic heterocycles. The number of aromatic nitrogens is 2. The van der Waals surface area contributed by atoms with Crippen LogP contribution >= 0.6 is 0 Å². The van der Waals surface area contributed by atoms with E-state index in [1.807, 2.05) is 20.2 Å². The van der Waals surface area contributed by atoms with E-state index in [0.717, 1.165) is 11.3 Å². The molecule has 2 rings (SSSR count). The van der Waals surface area contributed by atoms with E-state index in [1.54, 1.807) is 22.9 Å². The Morgan fingerprint density at radius 2 is 2.00 bits per heavy atom. The van der Waals surface area contributed by atoms with Gasteiger partial charge in [-0.05, 0) is 13.0 Å². The highest BCUT2D eigenvalue weighted by Crippen LogP contribution is 2.23. The summed E-state index contributed by atoms with van der Waals surface area (Å²) in [5, 5.41) is 4.20. The van der Waals surface area contributed by atoms with Crippen LogP contribution in [-0.2, 0) is 7.05 Å². The van der Waals surface area contributed by atoms with Crippen molar-refractivity contribution in [3.63, 3.8) is 0 Å². The second kappa shape index (κ2) is 4.06. The van der Waals surface area contributed by atoms with E-state index in [1.165, 1.54) is 6.07 Å². The molecule has 1 unspecified atom stereocenters. The predicted molar refractivity (Wildman–Crippen MR) is 60.4 cm³/mol. The summed E-state index contributed by atoms with van der Waals surface area (Å²) in [6, 6.07) is 6.09. The van der Waals surface area contributed by atoms with E-state index in [2.05, 4.69) is 5.10 Å². The van der Waals surface area contributed by atoms with Gasteiger partial charge in [-0.2, -0.15) is 5.10 Å². The van der Waals surface area contributed by atoms with Crippen LogP contribution in [0.15, 0.2) is 30.5 Å². The summed E-state index contributed by atoms with van der Waals surface area (Å²) in [4.78, 5) is 0. The number of nitrogens with two attached hydrogens (primary N) is 1. The maximum absolute atomic E-state index is 13.6. The average Bonchev–Trinajstić information content (AvgIpc) is 2.58. The Kier molecular flexibility index (Phi) is 2.75. The molecule has 0 saturated carbocycles. The molecule has 2 N–H and O–H groups in total. The number of aryl methyl sites for hydroxylation is 2. The van der Waals surface area contributed by atoms with Gasteiger partial charge in [0.1, 0.15) is 5.82 Å². The zero-order valence-corrected chi connectivity index (χ0v) is 9.31. The first-order chi connectivity index (χ1) is 7.59. The molecule has 0 bridgehead atoms. The van der Waals surface area contributed by atoms with Crippen molar-refractivity contribution in [3.8, 4) is 0 Å². The molecule has 1 heterocycles. The van der Waals surface area contributed by atoms with Crippen molar-refractivity contribution in [3.05, 3.63) is 53.1 Å². The van der Waals surface area contributed by atoms with Crippen LogP contribution in [0, 0.1) is 12.7 Å². The molecule has 3 nitrogen and oxygen atoms in total. The quantitative estimate of drug-likeness (QED) is 0.838. The topological polar surface area (TPSA) is 43.8 Å². The highest BCUT2D eigenvalue weighted by atomic mass is 19.1. The number of benzene rings is 1. The second-order valence-electron chi connectivity index (χ2n) is 3.84. The number of nitrogens with zero attached hydrogens (tertiary/aromatic N) is 2. The average molecular weight is 219 g/mol. The fourth-order valence-corrected chi connectivity index (χ4v) is 1.82. The van der Waals surface area contributed by atoms with Crippen LogP contribution in [0.4, 0.5) is 4.39 Å². The number of halogens is 1. The van der Waals surface area contributed by atoms with Gasteiger partial charge in [0.2, 0.25) is 0 Å². The summed E-state index contributed by atoms with van der Waals surface area (Å²) < 4.78 is 15.2. The molecule has 0 aliphatic carbocycles. The fraction of sp³-hybridized carbons (Fsp3) is 0.250. The molecule has 2 aromatic rings. The van der Waals surface area contributed by atoms with Gasteiger partial charge in [-0.15, -0.1) is 0 Å². The molecule has 0 radical (unpaired) electrons. The van der Waals surface area contributed by atoms with Gasteiger partial charge >= 0.3 is 0 Å². The van der Waals surface area contributed by atoms with Crippen LogP contribution in [0.3, 0.4) is 0 Å². The first-order valence-corrected chi connectivity index (χ1v) is 5.09. The molecule has 0 aliphatic rings. The summed E-state index contributed by atoms with van der Waals surface area (Å²) in [7, 11) is 1.82. The van der Waals surface area contributed by atoms with Gasteiger partial charge in [-0.25, -0.2) is 4.39 Å². The summed E-state index contributed by atoms with van der Waals surface area (Å²) >= 11 is 0. The predicted octanol–water partition coefficient (Wildman–Crippen LogP) is 1.92. The third-order valence-corrected chi connectivity index (χ3v) is 2.63. The van der Waals surface area contributed by atoms with Crippen molar-refractivity contribution in [2.45, 2.75) is 13.0 Å². The van der Waals surface area contributed by atoms with E-state index in [4.69, 9.17) is 5.73 Å². The van der Waals surface area contributed by atoms with Crippen molar-refractivity contribution in [2.75, 3.05) is 0 Å². The molecule has 1 aromatic carbocycles. The third-order valence-electron chi connectivity index (χ3n) is 2.63. The Bertz CT molecular complexity index is 505. The lowest BCUT2D eigenvalue weighted by atomic mass is 10.00. The zero-order valence-electron chi connectivity index (χ0n) is 9.31. The Hall–Kier alpha value is -1.68.